The minimum Gasteiger partial charge on any atom is -0.478 e. The number of morpholine rings is 1. The van der Waals surface area contributed by atoms with Crippen LogP contribution in [0, 0.1) is 0 Å². The zero-order valence-corrected chi connectivity index (χ0v) is 24.8. The Balaban J connectivity index is 1.26. The van der Waals surface area contributed by atoms with E-state index in [1.54, 1.807) is 24.3 Å². The molecule has 2 heterocycles. The van der Waals surface area contributed by atoms with E-state index in [0.29, 0.717) is 16.6 Å². The third-order valence-corrected chi connectivity index (χ3v) is 8.01. The zero-order chi connectivity index (χ0) is 29.8. The van der Waals surface area contributed by atoms with E-state index in [4.69, 9.17) is 32.9 Å². The first-order valence-corrected chi connectivity index (χ1v) is 14.7. The lowest BCUT2D eigenvalue weighted by Crippen LogP contribution is -2.36. The van der Waals surface area contributed by atoms with E-state index in [9.17, 15) is 9.90 Å². The van der Waals surface area contributed by atoms with Gasteiger partial charge >= 0.3 is 5.97 Å². The van der Waals surface area contributed by atoms with Crippen molar-refractivity contribution in [2.24, 2.45) is 0 Å². The maximum Gasteiger partial charge on any atom is 0.335 e. The molecule has 4 aromatic carbocycles. The fourth-order valence-corrected chi connectivity index (χ4v) is 5.63. The number of ether oxygens (including phenoxy) is 1. The van der Waals surface area contributed by atoms with Gasteiger partial charge in [0.05, 0.1) is 29.5 Å². The number of hydrogen-bond acceptors (Lipinski definition) is 4. The molecule has 216 valence electrons. The number of benzene rings is 4. The molecular formula is C35H29Cl2N3O3. The molecule has 1 fully saturated rings. The molecule has 6 rings (SSSR count). The van der Waals surface area contributed by atoms with Crippen LogP contribution in [0.4, 0.5) is 5.69 Å². The van der Waals surface area contributed by atoms with Crippen LogP contribution >= 0.6 is 23.2 Å². The maximum atomic E-state index is 11.3. The minimum atomic E-state index is -0.951. The van der Waals surface area contributed by atoms with Gasteiger partial charge in [-0.1, -0.05) is 77.8 Å². The van der Waals surface area contributed by atoms with Crippen molar-refractivity contribution in [2.75, 3.05) is 31.2 Å². The monoisotopic (exact) mass is 609 g/mol. The van der Waals surface area contributed by atoms with Crippen molar-refractivity contribution in [1.29, 1.82) is 0 Å². The number of carboxylic acids is 1. The van der Waals surface area contributed by atoms with Crippen LogP contribution in [0.5, 0.6) is 0 Å². The normalized spacial score (nSPS) is 13.5. The van der Waals surface area contributed by atoms with Crippen LogP contribution in [0.3, 0.4) is 0 Å². The minimum absolute atomic E-state index is 0.249. The molecule has 1 aliphatic heterocycles. The Morgan fingerprint density at radius 1 is 0.884 bits per heavy atom. The van der Waals surface area contributed by atoms with Gasteiger partial charge in [-0.2, -0.15) is 0 Å². The third-order valence-electron chi connectivity index (χ3n) is 7.46. The van der Waals surface area contributed by atoms with Crippen molar-refractivity contribution in [3.05, 3.63) is 130 Å². The van der Waals surface area contributed by atoms with Crippen molar-refractivity contribution >= 4 is 47.0 Å². The topological polar surface area (TPSA) is 67.6 Å². The van der Waals surface area contributed by atoms with Crippen molar-refractivity contribution in [2.45, 2.75) is 6.54 Å². The van der Waals surface area contributed by atoms with Crippen LogP contribution in [0.15, 0.2) is 97.2 Å². The van der Waals surface area contributed by atoms with E-state index in [0.717, 1.165) is 60.1 Å². The summed E-state index contributed by atoms with van der Waals surface area (Å²) >= 11 is 12.6. The summed E-state index contributed by atoms with van der Waals surface area (Å²) < 4.78 is 7.53. The van der Waals surface area contributed by atoms with E-state index in [1.807, 2.05) is 41.1 Å². The number of imidazole rings is 1. The highest BCUT2D eigenvalue weighted by molar-refractivity contribution is 6.36. The van der Waals surface area contributed by atoms with Crippen LogP contribution in [-0.4, -0.2) is 46.9 Å². The highest BCUT2D eigenvalue weighted by Crippen LogP contribution is 2.31. The van der Waals surface area contributed by atoms with Gasteiger partial charge in [-0.25, -0.2) is 9.78 Å². The van der Waals surface area contributed by atoms with E-state index in [1.165, 1.54) is 11.3 Å². The van der Waals surface area contributed by atoms with Gasteiger partial charge in [0.25, 0.3) is 0 Å². The molecule has 8 heteroatoms. The maximum absolute atomic E-state index is 11.3. The third kappa shape index (κ3) is 6.83. The van der Waals surface area contributed by atoms with Gasteiger partial charge in [0.2, 0.25) is 0 Å². The largest absolute Gasteiger partial charge is 0.478 e. The average Bonchev–Trinajstić information content (AvgIpc) is 3.43. The second-order valence-electron chi connectivity index (χ2n) is 10.3. The molecule has 0 amide bonds. The molecule has 1 aliphatic rings. The molecule has 0 saturated carbocycles. The number of halogens is 2. The van der Waals surface area contributed by atoms with E-state index in [-0.39, 0.29) is 5.56 Å². The number of nitrogens with zero attached hydrogens (tertiary/aromatic N) is 3. The molecule has 5 aromatic rings. The van der Waals surface area contributed by atoms with Gasteiger partial charge in [-0.3, -0.25) is 0 Å². The number of rotatable bonds is 8. The molecule has 43 heavy (non-hydrogen) atoms. The van der Waals surface area contributed by atoms with E-state index < -0.39 is 5.97 Å². The summed E-state index contributed by atoms with van der Waals surface area (Å²) in [6.45, 7) is 3.84. The first kappa shape index (κ1) is 28.7. The number of aromatic nitrogens is 2. The van der Waals surface area contributed by atoms with Gasteiger partial charge in [0.15, 0.2) is 0 Å². The molecule has 0 atom stereocenters. The molecule has 1 N–H and O–H groups in total. The SMILES string of the molecule is O=C(O)c1ccc(Cn2cc(-c3ccc(Cl)cc3Cl)nc2C=Cc2ccc(-c3cccc(N4CCOCC4)c3)cc2)cc1. The van der Waals surface area contributed by atoms with Gasteiger partial charge in [0, 0.05) is 42.1 Å². The predicted octanol–water partition coefficient (Wildman–Crippen LogP) is 8.28. The summed E-state index contributed by atoms with van der Waals surface area (Å²) in [5.41, 5.74) is 7.29. The first-order valence-electron chi connectivity index (χ1n) is 14.0. The molecule has 0 bridgehead atoms. The fourth-order valence-electron chi connectivity index (χ4n) is 5.13. The summed E-state index contributed by atoms with van der Waals surface area (Å²) in [7, 11) is 0. The van der Waals surface area contributed by atoms with E-state index >= 15 is 0 Å². The lowest BCUT2D eigenvalue weighted by molar-refractivity contribution is 0.0697. The molecule has 6 nitrogen and oxygen atoms in total. The first-order chi connectivity index (χ1) is 20.9. The predicted molar refractivity (Wildman–Crippen MR) is 174 cm³/mol. The Bertz CT molecular complexity index is 1770. The molecule has 1 aromatic heterocycles. The summed E-state index contributed by atoms with van der Waals surface area (Å²) in [6, 6.07) is 29.3. The van der Waals surface area contributed by atoms with Crippen LogP contribution < -0.4 is 4.90 Å². The summed E-state index contributed by atoms with van der Waals surface area (Å²) in [6.07, 6.45) is 5.96. The molecule has 0 spiro atoms. The Morgan fingerprint density at radius 2 is 1.65 bits per heavy atom. The molecule has 0 unspecified atom stereocenters. The van der Waals surface area contributed by atoms with E-state index in [2.05, 4.69) is 53.4 Å². The number of aromatic carboxylic acids is 1. The zero-order valence-electron chi connectivity index (χ0n) is 23.3. The summed E-state index contributed by atoms with van der Waals surface area (Å²) in [5.74, 6) is -0.209. The van der Waals surface area contributed by atoms with Crippen LogP contribution in [-0.2, 0) is 11.3 Å². The Hall–Kier alpha value is -4.36. The van der Waals surface area contributed by atoms with Crippen LogP contribution in [0.25, 0.3) is 34.5 Å². The van der Waals surface area contributed by atoms with Crippen molar-refractivity contribution < 1.29 is 14.6 Å². The highest BCUT2D eigenvalue weighted by atomic mass is 35.5. The van der Waals surface area contributed by atoms with Crippen molar-refractivity contribution in [3.8, 4) is 22.4 Å². The lowest BCUT2D eigenvalue weighted by atomic mass is 10.0. The number of carboxylic acid groups (broad SMARTS) is 1. The number of carbonyl (C=O) groups is 1. The van der Waals surface area contributed by atoms with Gasteiger partial charge in [-0.15, -0.1) is 0 Å². The van der Waals surface area contributed by atoms with Gasteiger partial charge in [-0.05, 0) is 70.8 Å². The fraction of sp³-hybridized carbons (Fsp3) is 0.143. The molecule has 0 radical (unpaired) electrons. The quantitative estimate of drug-likeness (QED) is 0.192. The summed E-state index contributed by atoms with van der Waals surface area (Å²) in [4.78, 5) is 18.5. The van der Waals surface area contributed by atoms with Gasteiger partial charge < -0.3 is 19.3 Å². The second-order valence-corrected chi connectivity index (χ2v) is 11.2. The molecule has 1 saturated heterocycles. The molecular weight excluding hydrogens is 581 g/mol. The number of hydrogen-bond donors (Lipinski definition) is 1. The van der Waals surface area contributed by atoms with Gasteiger partial charge in [0.1, 0.15) is 5.82 Å². The highest BCUT2D eigenvalue weighted by Gasteiger charge is 2.14. The van der Waals surface area contributed by atoms with Crippen LogP contribution in [0.1, 0.15) is 27.3 Å². The van der Waals surface area contributed by atoms with Crippen LogP contribution in [0.2, 0.25) is 10.0 Å². The lowest BCUT2D eigenvalue weighted by Gasteiger charge is -2.29. The molecule has 0 aliphatic carbocycles. The average molecular weight is 611 g/mol. The standard InChI is InChI=1S/C35H29Cl2N3O3/c36-29-13-14-31(32(37)21-29)33-23-40(22-25-6-11-27(12-7-25)35(41)42)34(38-33)15-8-24-4-9-26(10-5-24)28-2-1-3-30(20-28)39-16-18-43-19-17-39/h1-15,20-21,23H,16-19,22H2,(H,41,42). The Kier molecular flexibility index (Phi) is 8.61. The smallest absolute Gasteiger partial charge is 0.335 e. The van der Waals surface area contributed by atoms with Crippen molar-refractivity contribution in [1.82, 2.24) is 9.55 Å². The van der Waals surface area contributed by atoms with Crippen molar-refractivity contribution in [3.63, 3.8) is 0 Å². The summed E-state index contributed by atoms with van der Waals surface area (Å²) in [5, 5.41) is 10.3. The Labute approximate surface area is 260 Å². The second kappa shape index (κ2) is 12.9. The number of anilines is 1. The Morgan fingerprint density at radius 3 is 2.37 bits per heavy atom.